The topological polar surface area (TPSA) is 55.1 Å². The molecule has 0 saturated carbocycles. The molecule has 3 aromatic rings. The van der Waals surface area contributed by atoms with Gasteiger partial charge in [0.05, 0.1) is 6.54 Å². The summed E-state index contributed by atoms with van der Waals surface area (Å²) in [5.41, 5.74) is 2.15. The Balaban J connectivity index is 1.71. The molecule has 0 aliphatic carbocycles. The van der Waals surface area contributed by atoms with E-state index in [0.29, 0.717) is 11.5 Å². The summed E-state index contributed by atoms with van der Waals surface area (Å²) in [6.45, 7) is 0.280. The van der Waals surface area contributed by atoms with Crippen LogP contribution in [0.15, 0.2) is 59.0 Å². The Morgan fingerprint density at radius 1 is 1.05 bits per heavy atom. The summed E-state index contributed by atoms with van der Waals surface area (Å²) >= 11 is 0. The van der Waals surface area contributed by atoms with Crippen LogP contribution in [0.25, 0.3) is 11.1 Å². The Hall–Kier alpha value is -2.62. The van der Waals surface area contributed by atoms with E-state index in [0.717, 1.165) is 11.1 Å². The molecule has 0 saturated heterocycles. The van der Waals surface area contributed by atoms with E-state index in [1.54, 1.807) is 12.1 Å². The molecular formula is C15H12N2O2. The van der Waals surface area contributed by atoms with Crippen LogP contribution >= 0.6 is 0 Å². The van der Waals surface area contributed by atoms with E-state index >= 15 is 0 Å². The van der Waals surface area contributed by atoms with Crippen molar-refractivity contribution in [3.63, 3.8) is 0 Å². The first-order valence-corrected chi connectivity index (χ1v) is 6.00. The standard InChI is InChI=1S/C15H12N2O2/c18-15(11-6-2-1-3-7-11)16-10-14-17-12-8-4-5-9-13(12)19-14/h1-9H,10H2,(H,16,18). The van der Waals surface area contributed by atoms with Gasteiger partial charge in [-0.15, -0.1) is 0 Å². The van der Waals surface area contributed by atoms with Gasteiger partial charge in [-0.05, 0) is 24.3 Å². The molecule has 0 radical (unpaired) electrons. The van der Waals surface area contributed by atoms with Crippen molar-refractivity contribution in [2.75, 3.05) is 0 Å². The average Bonchev–Trinajstić information content (AvgIpc) is 2.88. The predicted octanol–water partition coefficient (Wildman–Crippen LogP) is 2.76. The van der Waals surface area contributed by atoms with Crippen LogP contribution in [0.4, 0.5) is 0 Å². The number of para-hydroxylation sites is 2. The second-order valence-electron chi connectivity index (χ2n) is 4.12. The van der Waals surface area contributed by atoms with Crippen molar-refractivity contribution in [3.8, 4) is 0 Å². The minimum atomic E-state index is -0.136. The monoisotopic (exact) mass is 252 g/mol. The second kappa shape index (κ2) is 4.94. The number of benzene rings is 2. The summed E-state index contributed by atoms with van der Waals surface area (Å²) in [7, 11) is 0. The molecule has 1 N–H and O–H groups in total. The lowest BCUT2D eigenvalue weighted by molar-refractivity contribution is 0.0947. The number of carbonyl (C=O) groups is 1. The smallest absolute Gasteiger partial charge is 0.251 e. The van der Waals surface area contributed by atoms with E-state index in [1.165, 1.54) is 0 Å². The molecule has 0 aliphatic heterocycles. The Morgan fingerprint density at radius 3 is 2.58 bits per heavy atom. The molecule has 4 heteroatoms. The maximum absolute atomic E-state index is 11.9. The number of nitrogens with zero attached hydrogens (tertiary/aromatic N) is 1. The Kier molecular flexibility index (Phi) is 2.98. The fourth-order valence-corrected chi connectivity index (χ4v) is 1.84. The van der Waals surface area contributed by atoms with Gasteiger partial charge in [-0.1, -0.05) is 30.3 Å². The van der Waals surface area contributed by atoms with Gasteiger partial charge in [0.15, 0.2) is 5.58 Å². The number of amides is 1. The van der Waals surface area contributed by atoms with Crippen molar-refractivity contribution in [2.24, 2.45) is 0 Å². The molecule has 1 aromatic heterocycles. The first-order valence-electron chi connectivity index (χ1n) is 6.00. The highest BCUT2D eigenvalue weighted by molar-refractivity contribution is 5.94. The molecule has 94 valence electrons. The van der Waals surface area contributed by atoms with E-state index in [4.69, 9.17) is 4.42 Å². The Labute approximate surface area is 110 Å². The number of rotatable bonds is 3. The average molecular weight is 252 g/mol. The van der Waals surface area contributed by atoms with E-state index in [9.17, 15) is 4.79 Å². The molecule has 4 nitrogen and oxygen atoms in total. The van der Waals surface area contributed by atoms with Gasteiger partial charge >= 0.3 is 0 Å². The lowest BCUT2D eigenvalue weighted by atomic mass is 10.2. The van der Waals surface area contributed by atoms with Gasteiger partial charge in [0.2, 0.25) is 5.89 Å². The van der Waals surface area contributed by atoms with Crippen molar-refractivity contribution in [1.29, 1.82) is 0 Å². The van der Waals surface area contributed by atoms with Gasteiger partial charge < -0.3 is 9.73 Å². The Bertz CT molecular complexity index is 671. The zero-order chi connectivity index (χ0) is 13.1. The molecule has 0 bridgehead atoms. The minimum absolute atomic E-state index is 0.136. The lowest BCUT2D eigenvalue weighted by Crippen LogP contribution is -2.22. The zero-order valence-electron chi connectivity index (χ0n) is 10.2. The fourth-order valence-electron chi connectivity index (χ4n) is 1.84. The van der Waals surface area contributed by atoms with Crippen molar-refractivity contribution < 1.29 is 9.21 Å². The van der Waals surface area contributed by atoms with Crippen molar-refractivity contribution in [3.05, 3.63) is 66.1 Å². The summed E-state index contributed by atoms with van der Waals surface area (Å²) in [6, 6.07) is 16.6. The van der Waals surface area contributed by atoms with Gasteiger partial charge in [-0.3, -0.25) is 4.79 Å². The van der Waals surface area contributed by atoms with E-state index in [-0.39, 0.29) is 12.5 Å². The molecular weight excluding hydrogens is 240 g/mol. The molecule has 3 rings (SSSR count). The van der Waals surface area contributed by atoms with Gasteiger partial charge in [0.25, 0.3) is 5.91 Å². The third-order valence-electron chi connectivity index (χ3n) is 2.77. The van der Waals surface area contributed by atoms with Crippen LogP contribution in [0.3, 0.4) is 0 Å². The summed E-state index contributed by atoms with van der Waals surface area (Å²) < 4.78 is 5.53. The number of nitrogens with one attached hydrogen (secondary N) is 1. The van der Waals surface area contributed by atoms with Crippen LogP contribution in [0.2, 0.25) is 0 Å². The number of oxazole rings is 1. The van der Waals surface area contributed by atoms with Crippen LogP contribution in [-0.2, 0) is 6.54 Å². The zero-order valence-corrected chi connectivity index (χ0v) is 10.2. The van der Waals surface area contributed by atoms with Crippen LogP contribution < -0.4 is 5.32 Å². The first-order chi connectivity index (χ1) is 9.33. The number of aromatic nitrogens is 1. The molecule has 1 heterocycles. The van der Waals surface area contributed by atoms with Crippen LogP contribution in [0.1, 0.15) is 16.2 Å². The van der Waals surface area contributed by atoms with Crippen LogP contribution in [-0.4, -0.2) is 10.9 Å². The van der Waals surface area contributed by atoms with Gasteiger partial charge in [-0.2, -0.15) is 0 Å². The van der Waals surface area contributed by atoms with Crippen LogP contribution in [0.5, 0.6) is 0 Å². The summed E-state index contributed by atoms with van der Waals surface area (Å²) in [5.74, 6) is 0.369. The SMILES string of the molecule is O=C(NCc1nc2ccccc2o1)c1ccccc1. The number of hydrogen-bond donors (Lipinski definition) is 1. The molecule has 2 aromatic carbocycles. The highest BCUT2D eigenvalue weighted by Gasteiger charge is 2.08. The van der Waals surface area contributed by atoms with Crippen molar-refractivity contribution >= 4 is 17.0 Å². The summed E-state index contributed by atoms with van der Waals surface area (Å²) in [6.07, 6.45) is 0. The van der Waals surface area contributed by atoms with E-state index < -0.39 is 0 Å². The predicted molar refractivity (Wildman–Crippen MR) is 71.6 cm³/mol. The number of hydrogen-bond acceptors (Lipinski definition) is 3. The second-order valence-corrected chi connectivity index (χ2v) is 4.12. The first kappa shape index (κ1) is 11.5. The van der Waals surface area contributed by atoms with E-state index in [2.05, 4.69) is 10.3 Å². The molecule has 0 aliphatic rings. The molecule has 0 unspecified atom stereocenters. The number of carbonyl (C=O) groups excluding carboxylic acids is 1. The van der Waals surface area contributed by atoms with Gasteiger partial charge in [0, 0.05) is 5.56 Å². The molecule has 0 spiro atoms. The maximum atomic E-state index is 11.9. The van der Waals surface area contributed by atoms with Crippen molar-refractivity contribution in [2.45, 2.75) is 6.54 Å². The van der Waals surface area contributed by atoms with E-state index in [1.807, 2.05) is 42.5 Å². The largest absolute Gasteiger partial charge is 0.439 e. The molecule has 0 atom stereocenters. The fraction of sp³-hybridized carbons (Fsp3) is 0.0667. The highest BCUT2D eigenvalue weighted by atomic mass is 16.3. The molecule has 1 amide bonds. The normalized spacial score (nSPS) is 10.5. The van der Waals surface area contributed by atoms with Crippen LogP contribution in [0, 0.1) is 0 Å². The third kappa shape index (κ3) is 2.47. The van der Waals surface area contributed by atoms with Crippen molar-refractivity contribution in [1.82, 2.24) is 10.3 Å². The summed E-state index contributed by atoms with van der Waals surface area (Å²) in [4.78, 5) is 16.1. The maximum Gasteiger partial charge on any atom is 0.251 e. The summed E-state index contributed by atoms with van der Waals surface area (Å²) in [5, 5.41) is 2.78. The number of fused-ring (bicyclic) bond motifs is 1. The Morgan fingerprint density at radius 2 is 1.79 bits per heavy atom. The highest BCUT2D eigenvalue weighted by Crippen LogP contribution is 2.14. The molecule has 0 fully saturated rings. The minimum Gasteiger partial charge on any atom is -0.439 e. The lowest BCUT2D eigenvalue weighted by Gasteiger charge is -2.01. The quantitative estimate of drug-likeness (QED) is 0.779. The molecule has 19 heavy (non-hydrogen) atoms. The van der Waals surface area contributed by atoms with Gasteiger partial charge in [0.1, 0.15) is 5.52 Å². The van der Waals surface area contributed by atoms with Gasteiger partial charge in [-0.25, -0.2) is 4.98 Å². The third-order valence-corrected chi connectivity index (χ3v) is 2.77.